The summed E-state index contributed by atoms with van der Waals surface area (Å²) < 4.78 is 11.6. The van der Waals surface area contributed by atoms with Gasteiger partial charge in [0.15, 0.2) is 16.8 Å². The Morgan fingerprint density at radius 3 is 2.82 bits per heavy atom. The van der Waals surface area contributed by atoms with Crippen molar-refractivity contribution in [1.82, 2.24) is 25.1 Å². The third kappa shape index (κ3) is 4.70. The number of halogens is 1. The molecule has 8 nitrogen and oxygen atoms in total. The molecule has 0 saturated carbocycles. The molecule has 0 radical (unpaired) electrons. The van der Waals surface area contributed by atoms with E-state index in [1.54, 1.807) is 13.1 Å². The van der Waals surface area contributed by atoms with E-state index in [9.17, 15) is 0 Å². The summed E-state index contributed by atoms with van der Waals surface area (Å²) in [6.07, 6.45) is 2.08. The van der Waals surface area contributed by atoms with Crippen LogP contribution < -0.4 is 10.1 Å². The van der Waals surface area contributed by atoms with E-state index in [1.165, 1.54) is 11.3 Å². The number of nitrogens with zero attached hydrogens (tertiary/aromatic N) is 5. The molecule has 4 aromatic rings. The van der Waals surface area contributed by atoms with Gasteiger partial charge in [-0.25, -0.2) is 15.0 Å². The molecule has 3 aromatic heterocycles. The molecule has 0 saturated heterocycles. The molecule has 10 heteroatoms. The fraction of sp³-hybridized carbons (Fsp3) is 0.167. The number of benzene rings is 1. The number of aryl methyl sites for hydroxylation is 1. The van der Waals surface area contributed by atoms with Crippen LogP contribution in [0, 0.1) is 6.92 Å². The highest BCUT2D eigenvalue weighted by Gasteiger charge is 2.13. The van der Waals surface area contributed by atoms with Crippen LogP contribution in [0.5, 0.6) is 5.88 Å². The lowest BCUT2D eigenvalue weighted by Crippen LogP contribution is -2.03. The first kappa shape index (κ1) is 18.5. The van der Waals surface area contributed by atoms with Gasteiger partial charge in [0.2, 0.25) is 5.89 Å². The minimum absolute atomic E-state index is 0.389. The lowest BCUT2D eigenvalue weighted by molar-refractivity contribution is 0.294. The summed E-state index contributed by atoms with van der Waals surface area (Å²) in [6.45, 7) is 2.17. The van der Waals surface area contributed by atoms with Gasteiger partial charge >= 0.3 is 0 Å². The molecule has 142 valence electrons. The number of aromatic nitrogens is 5. The van der Waals surface area contributed by atoms with E-state index in [0.29, 0.717) is 46.2 Å². The fourth-order valence-electron chi connectivity index (χ4n) is 2.38. The van der Waals surface area contributed by atoms with Gasteiger partial charge in [0, 0.05) is 5.38 Å². The van der Waals surface area contributed by atoms with Crippen LogP contribution >= 0.6 is 27.3 Å². The fourth-order valence-corrected chi connectivity index (χ4v) is 3.35. The summed E-state index contributed by atoms with van der Waals surface area (Å²) in [5.74, 6) is 2.02. The Morgan fingerprint density at radius 1 is 1.18 bits per heavy atom. The van der Waals surface area contributed by atoms with Gasteiger partial charge in [-0.2, -0.15) is 4.98 Å². The first-order valence-corrected chi connectivity index (χ1v) is 10.0. The number of thiazole rings is 1. The van der Waals surface area contributed by atoms with Crippen LogP contribution in [0.25, 0.3) is 0 Å². The Balaban J connectivity index is 1.47. The van der Waals surface area contributed by atoms with Gasteiger partial charge in [-0.1, -0.05) is 35.5 Å². The van der Waals surface area contributed by atoms with E-state index in [1.807, 2.05) is 35.7 Å². The van der Waals surface area contributed by atoms with Gasteiger partial charge in [0.25, 0.3) is 5.88 Å². The van der Waals surface area contributed by atoms with Crippen molar-refractivity contribution in [3.05, 3.63) is 69.5 Å². The molecule has 1 aromatic carbocycles. The summed E-state index contributed by atoms with van der Waals surface area (Å²) in [5, 5.41) is 9.56. The molecular formula is C18H15BrN6O2S. The minimum atomic E-state index is 0.389. The van der Waals surface area contributed by atoms with Crippen LogP contribution in [-0.2, 0) is 13.0 Å². The summed E-state index contributed by atoms with van der Waals surface area (Å²) in [7, 11) is 0. The Bertz CT molecular complexity index is 1070. The molecule has 0 aliphatic carbocycles. The van der Waals surface area contributed by atoms with Crippen molar-refractivity contribution in [1.29, 1.82) is 0 Å². The molecule has 1 N–H and O–H groups in total. The minimum Gasteiger partial charge on any atom is -0.470 e. The average molecular weight is 459 g/mol. The van der Waals surface area contributed by atoms with Crippen molar-refractivity contribution in [2.24, 2.45) is 0 Å². The maximum Gasteiger partial charge on any atom is 0.259 e. The molecule has 0 unspecified atom stereocenters. The Labute approximate surface area is 173 Å². The van der Waals surface area contributed by atoms with Gasteiger partial charge < -0.3 is 14.6 Å². The highest BCUT2D eigenvalue weighted by molar-refractivity contribution is 9.10. The SMILES string of the molecule is Cc1noc(Cc2csc(Nc3ncc(Br)nc3OCc3ccccc3)n2)n1. The molecule has 0 aliphatic heterocycles. The molecule has 0 amide bonds. The van der Waals surface area contributed by atoms with E-state index in [4.69, 9.17) is 9.26 Å². The van der Waals surface area contributed by atoms with Crippen LogP contribution in [0.4, 0.5) is 10.9 Å². The highest BCUT2D eigenvalue weighted by atomic mass is 79.9. The third-order valence-electron chi connectivity index (χ3n) is 3.61. The van der Waals surface area contributed by atoms with Crippen molar-refractivity contribution in [3.8, 4) is 5.88 Å². The molecule has 0 bridgehead atoms. The van der Waals surface area contributed by atoms with Gasteiger partial charge in [-0.3, -0.25) is 0 Å². The van der Waals surface area contributed by atoms with Crippen LogP contribution in [0.3, 0.4) is 0 Å². The van der Waals surface area contributed by atoms with Gasteiger partial charge in [-0.05, 0) is 28.4 Å². The predicted octanol–water partition coefficient (Wildman–Crippen LogP) is 4.30. The Hall–Kier alpha value is -2.85. The zero-order chi connectivity index (χ0) is 19.3. The monoisotopic (exact) mass is 458 g/mol. The van der Waals surface area contributed by atoms with E-state index >= 15 is 0 Å². The van der Waals surface area contributed by atoms with Crippen molar-refractivity contribution in [2.45, 2.75) is 20.0 Å². The first-order valence-electron chi connectivity index (χ1n) is 8.35. The Kier molecular flexibility index (Phi) is 5.58. The van der Waals surface area contributed by atoms with Crippen molar-refractivity contribution in [2.75, 3.05) is 5.32 Å². The van der Waals surface area contributed by atoms with Crippen LogP contribution in [0.15, 0.2) is 51.0 Å². The number of hydrogen-bond acceptors (Lipinski definition) is 9. The van der Waals surface area contributed by atoms with E-state index in [0.717, 1.165) is 11.3 Å². The lowest BCUT2D eigenvalue weighted by Gasteiger charge is -2.10. The predicted molar refractivity (Wildman–Crippen MR) is 108 cm³/mol. The lowest BCUT2D eigenvalue weighted by atomic mass is 10.2. The average Bonchev–Trinajstić information content (AvgIpc) is 3.31. The van der Waals surface area contributed by atoms with Crippen LogP contribution in [0.2, 0.25) is 0 Å². The van der Waals surface area contributed by atoms with Crippen molar-refractivity contribution in [3.63, 3.8) is 0 Å². The van der Waals surface area contributed by atoms with E-state index in [-0.39, 0.29) is 0 Å². The highest BCUT2D eigenvalue weighted by Crippen LogP contribution is 2.28. The van der Waals surface area contributed by atoms with Crippen molar-refractivity contribution < 1.29 is 9.26 Å². The van der Waals surface area contributed by atoms with Crippen molar-refractivity contribution >= 4 is 38.2 Å². The molecule has 0 atom stereocenters. The summed E-state index contributed by atoms with van der Waals surface area (Å²) in [5.41, 5.74) is 1.87. The zero-order valence-electron chi connectivity index (χ0n) is 14.8. The first-order chi connectivity index (χ1) is 13.7. The topological polar surface area (TPSA) is 98.9 Å². The van der Waals surface area contributed by atoms with Gasteiger partial charge in [-0.15, -0.1) is 11.3 Å². The third-order valence-corrected chi connectivity index (χ3v) is 4.80. The number of nitrogens with one attached hydrogen (secondary N) is 1. The second-order valence-electron chi connectivity index (χ2n) is 5.80. The van der Waals surface area contributed by atoms with Crippen LogP contribution in [0.1, 0.15) is 23.0 Å². The summed E-state index contributed by atoms with van der Waals surface area (Å²) in [6, 6.07) is 9.87. The normalized spacial score (nSPS) is 10.8. The molecular weight excluding hydrogens is 444 g/mol. The van der Waals surface area contributed by atoms with Gasteiger partial charge in [0.05, 0.1) is 18.3 Å². The summed E-state index contributed by atoms with van der Waals surface area (Å²) in [4.78, 5) is 17.5. The number of ether oxygens (including phenoxy) is 1. The second kappa shape index (κ2) is 8.44. The maximum absolute atomic E-state index is 5.86. The smallest absolute Gasteiger partial charge is 0.259 e. The maximum atomic E-state index is 5.86. The molecule has 0 fully saturated rings. The van der Waals surface area contributed by atoms with Gasteiger partial charge in [0.1, 0.15) is 11.2 Å². The molecule has 4 rings (SSSR count). The number of rotatable bonds is 7. The van der Waals surface area contributed by atoms with Crippen LogP contribution in [-0.4, -0.2) is 25.1 Å². The standard InChI is InChI=1S/C18H15BrN6O2S/c1-11-21-15(27-25-11)7-13-10-28-18(22-13)24-16-17(23-14(19)8-20-16)26-9-12-5-3-2-4-6-12/h2-6,8,10H,7,9H2,1H3,(H,20,22,24). The zero-order valence-corrected chi connectivity index (χ0v) is 17.2. The molecule has 3 heterocycles. The van der Waals surface area contributed by atoms with E-state index < -0.39 is 0 Å². The van der Waals surface area contributed by atoms with E-state index in [2.05, 4.69) is 46.3 Å². The molecule has 0 aliphatic rings. The number of hydrogen-bond donors (Lipinski definition) is 1. The largest absolute Gasteiger partial charge is 0.470 e. The second-order valence-corrected chi connectivity index (χ2v) is 7.47. The summed E-state index contributed by atoms with van der Waals surface area (Å²) >= 11 is 4.78. The number of anilines is 2. The quantitative estimate of drug-likeness (QED) is 0.437. The Morgan fingerprint density at radius 2 is 2.04 bits per heavy atom. The molecule has 28 heavy (non-hydrogen) atoms. The molecule has 0 spiro atoms.